The Bertz CT molecular complexity index is 1760. The molecule has 0 radical (unpaired) electrons. The SMILES string of the molecule is Cc1ccc(-n2c(-c3ccc4ccccc4c3)c(-c3ccc([N+](=O)[O-])cc3)c3cc(C)ccc32)cc1. The summed E-state index contributed by atoms with van der Waals surface area (Å²) in [5, 5.41) is 14.8. The van der Waals surface area contributed by atoms with Crippen LogP contribution in [0.2, 0.25) is 0 Å². The molecule has 0 N–H and O–H groups in total. The molecule has 6 aromatic rings. The number of nitro groups is 1. The molecule has 174 valence electrons. The molecule has 0 aliphatic carbocycles. The Morgan fingerprint density at radius 2 is 1.33 bits per heavy atom. The molecule has 0 spiro atoms. The zero-order valence-corrected chi connectivity index (χ0v) is 20.1. The molecule has 0 unspecified atom stereocenters. The molecule has 4 nitrogen and oxygen atoms in total. The largest absolute Gasteiger partial charge is 0.309 e. The summed E-state index contributed by atoms with van der Waals surface area (Å²) in [4.78, 5) is 11.0. The van der Waals surface area contributed by atoms with Gasteiger partial charge in [-0.15, -0.1) is 0 Å². The molecule has 36 heavy (non-hydrogen) atoms. The Hall–Kier alpha value is -4.70. The molecule has 0 fully saturated rings. The minimum Gasteiger partial charge on any atom is -0.309 e. The maximum absolute atomic E-state index is 11.3. The molecule has 0 atom stereocenters. The molecule has 5 aromatic carbocycles. The quantitative estimate of drug-likeness (QED) is 0.192. The average molecular weight is 469 g/mol. The Labute approximate surface area is 209 Å². The van der Waals surface area contributed by atoms with E-state index in [9.17, 15) is 10.1 Å². The van der Waals surface area contributed by atoms with Crippen molar-refractivity contribution in [3.63, 3.8) is 0 Å². The maximum Gasteiger partial charge on any atom is 0.269 e. The summed E-state index contributed by atoms with van der Waals surface area (Å²) in [6, 6.07) is 36.9. The summed E-state index contributed by atoms with van der Waals surface area (Å²) in [7, 11) is 0. The standard InChI is InChI=1S/C32H24N2O2/c1-21-7-14-27(15-8-21)33-30-18-9-22(2)19-29(30)31(24-12-16-28(17-13-24)34(35)36)32(33)26-11-10-23-5-3-4-6-25(23)20-26/h3-20H,1-2H3. The van der Waals surface area contributed by atoms with Crippen LogP contribution in [0.4, 0.5) is 5.69 Å². The van der Waals surface area contributed by atoms with E-state index in [0.29, 0.717) is 0 Å². The van der Waals surface area contributed by atoms with Gasteiger partial charge >= 0.3 is 0 Å². The van der Waals surface area contributed by atoms with Crippen LogP contribution in [0, 0.1) is 24.0 Å². The first-order valence-corrected chi connectivity index (χ1v) is 12.0. The molecule has 1 aromatic heterocycles. The van der Waals surface area contributed by atoms with Crippen molar-refractivity contribution in [1.29, 1.82) is 0 Å². The zero-order valence-electron chi connectivity index (χ0n) is 20.1. The van der Waals surface area contributed by atoms with Crippen LogP contribution < -0.4 is 0 Å². The highest BCUT2D eigenvalue weighted by atomic mass is 16.6. The van der Waals surface area contributed by atoms with Crippen molar-refractivity contribution in [3.05, 3.63) is 130 Å². The van der Waals surface area contributed by atoms with Crippen LogP contribution in [0.1, 0.15) is 11.1 Å². The van der Waals surface area contributed by atoms with E-state index in [1.165, 1.54) is 16.3 Å². The second kappa shape index (κ2) is 8.51. The predicted molar refractivity (Wildman–Crippen MR) is 148 cm³/mol. The van der Waals surface area contributed by atoms with E-state index < -0.39 is 0 Å². The van der Waals surface area contributed by atoms with Gasteiger partial charge in [0.05, 0.1) is 16.1 Å². The number of aryl methyl sites for hydroxylation is 2. The Kier molecular flexibility index (Phi) is 5.15. The highest BCUT2D eigenvalue weighted by Crippen LogP contribution is 2.44. The van der Waals surface area contributed by atoms with E-state index in [1.807, 2.05) is 12.1 Å². The lowest BCUT2D eigenvalue weighted by molar-refractivity contribution is -0.384. The van der Waals surface area contributed by atoms with Gasteiger partial charge in [-0.25, -0.2) is 0 Å². The number of benzene rings is 5. The van der Waals surface area contributed by atoms with Gasteiger partial charge in [-0.05, 0) is 78.2 Å². The molecule has 0 bridgehead atoms. The highest BCUT2D eigenvalue weighted by Gasteiger charge is 2.22. The van der Waals surface area contributed by atoms with E-state index in [-0.39, 0.29) is 10.6 Å². The minimum atomic E-state index is -0.353. The lowest BCUT2D eigenvalue weighted by Crippen LogP contribution is -1.98. The summed E-state index contributed by atoms with van der Waals surface area (Å²) in [5.74, 6) is 0. The summed E-state index contributed by atoms with van der Waals surface area (Å²) in [6.45, 7) is 4.19. The van der Waals surface area contributed by atoms with Crippen molar-refractivity contribution < 1.29 is 4.92 Å². The number of aromatic nitrogens is 1. The van der Waals surface area contributed by atoms with Gasteiger partial charge in [0.25, 0.3) is 5.69 Å². The summed E-state index contributed by atoms with van der Waals surface area (Å²) < 4.78 is 2.31. The number of nitro benzene ring substituents is 1. The lowest BCUT2D eigenvalue weighted by Gasteiger charge is -2.14. The number of fused-ring (bicyclic) bond motifs is 2. The minimum absolute atomic E-state index is 0.0875. The fourth-order valence-corrected chi connectivity index (χ4v) is 5.02. The number of nitrogens with zero attached hydrogens (tertiary/aromatic N) is 2. The van der Waals surface area contributed by atoms with Crippen molar-refractivity contribution in [3.8, 4) is 28.1 Å². The Morgan fingerprint density at radius 3 is 2.06 bits per heavy atom. The van der Waals surface area contributed by atoms with Crippen molar-refractivity contribution in [2.75, 3.05) is 0 Å². The van der Waals surface area contributed by atoms with Crippen molar-refractivity contribution >= 4 is 27.4 Å². The van der Waals surface area contributed by atoms with Gasteiger partial charge in [0, 0.05) is 28.8 Å². The number of non-ortho nitro benzene ring substituents is 1. The summed E-state index contributed by atoms with van der Waals surface area (Å²) in [6.07, 6.45) is 0. The third kappa shape index (κ3) is 3.64. The monoisotopic (exact) mass is 468 g/mol. The molecule has 1 heterocycles. The second-order valence-corrected chi connectivity index (χ2v) is 9.28. The van der Waals surface area contributed by atoms with Crippen LogP contribution in [0.25, 0.3) is 49.7 Å². The van der Waals surface area contributed by atoms with E-state index in [2.05, 4.69) is 103 Å². The number of rotatable bonds is 4. The molecule has 0 saturated carbocycles. The van der Waals surface area contributed by atoms with E-state index in [4.69, 9.17) is 0 Å². The first-order chi connectivity index (χ1) is 17.5. The average Bonchev–Trinajstić information content (AvgIpc) is 3.23. The van der Waals surface area contributed by atoms with Crippen molar-refractivity contribution in [2.45, 2.75) is 13.8 Å². The van der Waals surface area contributed by atoms with Gasteiger partial charge in [0.15, 0.2) is 0 Å². The Balaban J connectivity index is 1.74. The third-order valence-electron chi connectivity index (χ3n) is 6.80. The molecular weight excluding hydrogens is 444 g/mol. The van der Waals surface area contributed by atoms with Gasteiger partial charge in [0.2, 0.25) is 0 Å². The maximum atomic E-state index is 11.3. The fourth-order valence-electron chi connectivity index (χ4n) is 5.02. The van der Waals surface area contributed by atoms with E-state index >= 15 is 0 Å². The second-order valence-electron chi connectivity index (χ2n) is 9.28. The molecule has 4 heteroatoms. The summed E-state index contributed by atoms with van der Waals surface area (Å²) >= 11 is 0. The summed E-state index contributed by atoms with van der Waals surface area (Å²) in [5.41, 5.74) is 8.81. The smallest absolute Gasteiger partial charge is 0.269 e. The van der Waals surface area contributed by atoms with Gasteiger partial charge in [-0.3, -0.25) is 10.1 Å². The van der Waals surface area contributed by atoms with Crippen molar-refractivity contribution in [2.24, 2.45) is 0 Å². The van der Waals surface area contributed by atoms with E-state index in [0.717, 1.165) is 44.5 Å². The molecule has 0 aliphatic rings. The van der Waals surface area contributed by atoms with Crippen molar-refractivity contribution in [1.82, 2.24) is 4.57 Å². The Morgan fingerprint density at radius 1 is 0.667 bits per heavy atom. The van der Waals surface area contributed by atoms with Gasteiger partial charge in [-0.1, -0.05) is 65.7 Å². The molecule has 6 rings (SSSR count). The number of hydrogen-bond acceptors (Lipinski definition) is 2. The normalized spacial score (nSPS) is 11.3. The number of hydrogen-bond donors (Lipinski definition) is 0. The van der Waals surface area contributed by atoms with Crippen LogP contribution in [-0.4, -0.2) is 9.49 Å². The first kappa shape index (κ1) is 21.8. The van der Waals surface area contributed by atoms with Gasteiger partial charge < -0.3 is 4.57 Å². The molecule has 0 aliphatic heterocycles. The van der Waals surface area contributed by atoms with Crippen LogP contribution in [0.3, 0.4) is 0 Å². The van der Waals surface area contributed by atoms with Crippen LogP contribution in [0.5, 0.6) is 0 Å². The van der Waals surface area contributed by atoms with Crippen LogP contribution >= 0.6 is 0 Å². The topological polar surface area (TPSA) is 48.1 Å². The van der Waals surface area contributed by atoms with Crippen LogP contribution in [-0.2, 0) is 0 Å². The zero-order chi connectivity index (χ0) is 24.8. The van der Waals surface area contributed by atoms with E-state index in [1.54, 1.807) is 12.1 Å². The van der Waals surface area contributed by atoms with Gasteiger partial charge in [0.1, 0.15) is 0 Å². The highest BCUT2D eigenvalue weighted by molar-refractivity contribution is 6.07. The third-order valence-corrected chi connectivity index (χ3v) is 6.80. The molecular formula is C32H24N2O2. The molecule has 0 saturated heterocycles. The fraction of sp³-hybridized carbons (Fsp3) is 0.0625. The predicted octanol–water partition coefficient (Wildman–Crippen LogP) is 8.64. The van der Waals surface area contributed by atoms with Crippen LogP contribution in [0.15, 0.2) is 109 Å². The van der Waals surface area contributed by atoms with Gasteiger partial charge in [-0.2, -0.15) is 0 Å². The lowest BCUT2D eigenvalue weighted by atomic mass is 9.96. The first-order valence-electron chi connectivity index (χ1n) is 12.0. The molecule has 0 amide bonds.